The number of phenolic OH excluding ortho intramolecular Hbond substituents is 1. The molecule has 6 heteroatoms. The smallest absolute Gasteiger partial charge is 0.143 e. The number of para-hydroxylation sites is 2. The highest BCUT2D eigenvalue weighted by atomic mass is 16.5. The molecule has 0 atom stereocenters. The number of aryl methyl sites for hydroxylation is 1. The summed E-state index contributed by atoms with van der Waals surface area (Å²) in [7, 11) is 1.80. The van der Waals surface area contributed by atoms with E-state index in [2.05, 4.69) is 38.2 Å². The summed E-state index contributed by atoms with van der Waals surface area (Å²) in [5, 5.41) is 22.3. The molecule has 3 aromatic carbocycles. The molecule has 176 valence electrons. The molecule has 0 saturated heterocycles. The number of ether oxygens (including phenoxy) is 2. The molecular formula is C27H34N2O4. The number of nitrogens with one attached hydrogen (secondary N) is 1. The second-order valence-corrected chi connectivity index (χ2v) is 8.32. The SMILES string of the molecule is Cc1cc(OCN(C)CO)c(C)c(C)c1Cc1ccccc1OCNCc1ccccc1O. The van der Waals surface area contributed by atoms with Gasteiger partial charge in [-0.3, -0.25) is 10.2 Å². The number of phenols is 1. The molecular weight excluding hydrogens is 416 g/mol. The van der Waals surface area contributed by atoms with E-state index in [1.54, 1.807) is 18.0 Å². The summed E-state index contributed by atoms with van der Waals surface area (Å²) in [6.45, 7) is 7.44. The Morgan fingerprint density at radius 2 is 1.58 bits per heavy atom. The van der Waals surface area contributed by atoms with Gasteiger partial charge < -0.3 is 19.7 Å². The maximum atomic E-state index is 9.90. The highest BCUT2D eigenvalue weighted by Crippen LogP contribution is 2.31. The first-order valence-electron chi connectivity index (χ1n) is 11.1. The Morgan fingerprint density at radius 3 is 2.30 bits per heavy atom. The second kappa shape index (κ2) is 11.7. The fourth-order valence-electron chi connectivity index (χ4n) is 3.70. The minimum atomic E-state index is -0.0484. The van der Waals surface area contributed by atoms with Crippen molar-refractivity contribution in [3.63, 3.8) is 0 Å². The lowest BCUT2D eigenvalue weighted by Gasteiger charge is -2.20. The fourth-order valence-corrected chi connectivity index (χ4v) is 3.70. The second-order valence-electron chi connectivity index (χ2n) is 8.32. The van der Waals surface area contributed by atoms with Gasteiger partial charge in [-0.2, -0.15) is 0 Å². The van der Waals surface area contributed by atoms with E-state index < -0.39 is 0 Å². The third-order valence-corrected chi connectivity index (χ3v) is 5.87. The zero-order chi connectivity index (χ0) is 23.8. The molecule has 33 heavy (non-hydrogen) atoms. The van der Waals surface area contributed by atoms with E-state index in [0.717, 1.165) is 40.2 Å². The largest absolute Gasteiger partial charge is 0.508 e. The molecule has 3 aromatic rings. The Kier molecular flexibility index (Phi) is 8.72. The number of rotatable bonds is 11. The van der Waals surface area contributed by atoms with Crippen LogP contribution in [0, 0.1) is 20.8 Å². The number of benzene rings is 3. The van der Waals surface area contributed by atoms with Crippen molar-refractivity contribution in [3.05, 3.63) is 88.0 Å². The molecule has 0 saturated carbocycles. The molecule has 6 nitrogen and oxygen atoms in total. The lowest BCUT2D eigenvalue weighted by molar-refractivity contribution is 0.0629. The molecule has 0 aliphatic rings. The normalized spacial score (nSPS) is 11.1. The number of aliphatic hydroxyl groups excluding tert-OH is 1. The number of hydrogen-bond acceptors (Lipinski definition) is 6. The molecule has 0 unspecified atom stereocenters. The monoisotopic (exact) mass is 450 g/mol. The van der Waals surface area contributed by atoms with Gasteiger partial charge in [-0.15, -0.1) is 0 Å². The van der Waals surface area contributed by atoms with E-state index in [4.69, 9.17) is 9.47 Å². The first kappa shape index (κ1) is 24.6. The Morgan fingerprint density at radius 1 is 0.879 bits per heavy atom. The summed E-state index contributed by atoms with van der Waals surface area (Å²) in [4.78, 5) is 1.69. The summed E-state index contributed by atoms with van der Waals surface area (Å²) in [6, 6.07) is 17.4. The maximum Gasteiger partial charge on any atom is 0.143 e. The Labute approximate surface area is 196 Å². The molecule has 0 heterocycles. The molecule has 0 spiro atoms. The third-order valence-electron chi connectivity index (χ3n) is 5.87. The van der Waals surface area contributed by atoms with Crippen molar-refractivity contribution < 1.29 is 19.7 Å². The molecule has 0 aliphatic heterocycles. The van der Waals surface area contributed by atoms with Crippen molar-refractivity contribution in [3.8, 4) is 17.2 Å². The van der Waals surface area contributed by atoms with Crippen molar-refractivity contribution in [2.45, 2.75) is 33.7 Å². The van der Waals surface area contributed by atoms with Crippen molar-refractivity contribution in [1.29, 1.82) is 0 Å². The average Bonchev–Trinajstić information content (AvgIpc) is 2.82. The van der Waals surface area contributed by atoms with Crippen LogP contribution in [-0.2, 0) is 13.0 Å². The summed E-state index contributed by atoms with van der Waals surface area (Å²) in [6.07, 6.45) is 0.755. The van der Waals surface area contributed by atoms with Gasteiger partial charge in [0.15, 0.2) is 0 Å². The molecule has 0 radical (unpaired) electrons. The standard InChI is InChI=1S/C27H34N2O4/c1-19-13-27(33-18-29(4)17-30)21(3)20(2)24(19)14-22-9-6-8-12-26(22)32-16-28-15-23-10-5-7-11-25(23)31/h5-13,28,30-31H,14-18H2,1-4H3. The summed E-state index contributed by atoms with van der Waals surface area (Å²) >= 11 is 0. The first-order valence-corrected chi connectivity index (χ1v) is 11.1. The summed E-state index contributed by atoms with van der Waals surface area (Å²) < 4.78 is 11.9. The quantitative estimate of drug-likeness (QED) is 0.300. The van der Waals surface area contributed by atoms with Crippen molar-refractivity contribution in [2.75, 3.05) is 27.2 Å². The number of hydrogen-bond donors (Lipinski definition) is 3. The highest BCUT2D eigenvalue weighted by molar-refractivity contribution is 5.51. The van der Waals surface area contributed by atoms with Crippen LogP contribution in [0.5, 0.6) is 17.2 Å². The van der Waals surface area contributed by atoms with E-state index >= 15 is 0 Å². The molecule has 3 N–H and O–H groups in total. The van der Waals surface area contributed by atoms with Gasteiger partial charge in [-0.1, -0.05) is 36.4 Å². The van der Waals surface area contributed by atoms with Gasteiger partial charge in [0, 0.05) is 18.5 Å². The number of aromatic hydroxyl groups is 1. The summed E-state index contributed by atoms with van der Waals surface area (Å²) in [5.41, 5.74) is 6.67. The Hall–Kier alpha value is -3.06. The predicted octanol–water partition coefficient (Wildman–Crippen LogP) is 4.25. The molecule has 0 bridgehead atoms. The van der Waals surface area contributed by atoms with E-state index in [1.165, 1.54) is 11.1 Å². The lowest BCUT2D eigenvalue weighted by Crippen LogP contribution is -2.24. The van der Waals surface area contributed by atoms with Crippen LogP contribution in [0.3, 0.4) is 0 Å². The van der Waals surface area contributed by atoms with Crippen molar-refractivity contribution >= 4 is 0 Å². The predicted molar refractivity (Wildman–Crippen MR) is 131 cm³/mol. The average molecular weight is 451 g/mol. The van der Waals surface area contributed by atoms with Gasteiger partial charge in [0.2, 0.25) is 0 Å². The third kappa shape index (κ3) is 6.48. The van der Waals surface area contributed by atoms with Crippen molar-refractivity contribution in [2.24, 2.45) is 0 Å². The number of aliphatic hydroxyl groups is 1. The molecule has 0 fully saturated rings. The first-order chi connectivity index (χ1) is 15.9. The zero-order valence-corrected chi connectivity index (χ0v) is 19.9. The van der Waals surface area contributed by atoms with Crippen LogP contribution in [-0.4, -0.2) is 42.4 Å². The maximum absolute atomic E-state index is 9.90. The van der Waals surface area contributed by atoms with Crippen molar-refractivity contribution in [1.82, 2.24) is 10.2 Å². The fraction of sp³-hybridized carbons (Fsp3) is 0.333. The Bertz CT molecular complexity index is 1070. The molecule has 0 amide bonds. The van der Waals surface area contributed by atoms with Crippen LogP contribution in [0.15, 0.2) is 54.6 Å². The van der Waals surface area contributed by atoms with Crippen LogP contribution in [0.25, 0.3) is 0 Å². The van der Waals surface area contributed by atoms with E-state index in [0.29, 0.717) is 20.0 Å². The minimum Gasteiger partial charge on any atom is -0.508 e. The van der Waals surface area contributed by atoms with E-state index in [9.17, 15) is 10.2 Å². The molecule has 0 aliphatic carbocycles. The van der Waals surface area contributed by atoms with Gasteiger partial charge in [0.05, 0.1) is 6.73 Å². The molecule has 3 rings (SSSR count). The topological polar surface area (TPSA) is 74.2 Å². The van der Waals surface area contributed by atoms with Gasteiger partial charge in [0.1, 0.15) is 30.7 Å². The highest BCUT2D eigenvalue weighted by Gasteiger charge is 2.14. The molecule has 0 aromatic heterocycles. The zero-order valence-electron chi connectivity index (χ0n) is 19.9. The number of nitrogens with zero attached hydrogens (tertiary/aromatic N) is 1. The van der Waals surface area contributed by atoms with Gasteiger partial charge in [0.25, 0.3) is 0 Å². The van der Waals surface area contributed by atoms with Crippen LogP contribution in [0.4, 0.5) is 0 Å². The van der Waals surface area contributed by atoms with E-state index in [-0.39, 0.29) is 12.5 Å². The summed E-state index contributed by atoms with van der Waals surface area (Å²) in [5.74, 6) is 1.96. The van der Waals surface area contributed by atoms with Crippen LogP contribution in [0.1, 0.15) is 33.4 Å². The van der Waals surface area contributed by atoms with Gasteiger partial charge >= 0.3 is 0 Å². The van der Waals surface area contributed by atoms with Crippen LogP contribution >= 0.6 is 0 Å². The van der Waals surface area contributed by atoms with Gasteiger partial charge in [-0.25, -0.2) is 0 Å². The minimum absolute atomic E-state index is 0.0484. The lowest BCUT2D eigenvalue weighted by atomic mass is 9.92. The van der Waals surface area contributed by atoms with Crippen LogP contribution < -0.4 is 14.8 Å². The Balaban J connectivity index is 1.68. The van der Waals surface area contributed by atoms with E-state index in [1.807, 2.05) is 36.4 Å². The van der Waals surface area contributed by atoms with Crippen LogP contribution in [0.2, 0.25) is 0 Å². The van der Waals surface area contributed by atoms with Gasteiger partial charge in [-0.05, 0) is 73.8 Å².